The van der Waals surface area contributed by atoms with E-state index in [4.69, 9.17) is 0 Å². The van der Waals surface area contributed by atoms with Crippen LogP contribution in [0.25, 0.3) is 33.3 Å². The zero-order valence-electron chi connectivity index (χ0n) is 14.9. The Balaban J connectivity index is 1.58. The summed E-state index contributed by atoms with van der Waals surface area (Å²) < 4.78 is 14.6. The second kappa shape index (κ2) is 6.56. The van der Waals surface area contributed by atoms with Crippen molar-refractivity contribution in [1.29, 1.82) is 0 Å². The van der Waals surface area contributed by atoms with E-state index in [0.29, 0.717) is 40.7 Å². The Labute approximate surface area is 163 Å². The van der Waals surface area contributed by atoms with Crippen molar-refractivity contribution in [2.45, 2.75) is 19.3 Å². The number of nitrogens with zero attached hydrogens (tertiary/aromatic N) is 2. The maximum absolute atomic E-state index is 14.6. The number of H-pyrrole nitrogens is 2. The molecule has 3 aromatic heterocycles. The summed E-state index contributed by atoms with van der Waals surface area (Å²) in [6, 6.07) is 4.60. The topological polar surface area (TPSA) is 81.8 Å². The molecule has 1 amide bonds. The van der Waals surface area contributed by atoms with E-state index in [1.54, 1.807) is 17.0 Å². The zero-order chi connectivity index (χ0) is 19.3. The summed E-state index contributed by atoms with van der Waals surface area (Å²) in [5.41, 5.74) is 2.39. The fourth-order valence-electron chi connectivity index (χ4n) is 3.72. The average Bonchev–Trinajstić information content (AvgIpc) is 3.32. The van der Waals surface area contributed by atoms with Crippen molar-refractivity contribution < 1.29 is 9.18 Å². The highest BCUT2D eigenvalue weighted by Crippen LogP contribution is 2.26. The second-order valence-corrected chi connectivity index (χ2v) is 7.78. The van der Waals surface area contributed by atoms with Crippen molar-refractivity contribution in [3.05, 3.63) is 50.7 Å². The Morgan fingerprint density at radius 2 is 1.89 bits per heavy atom. The summed E-state index contributed by atoms with van der Waals surface area (Å²) in [6.45, 7) is 1.32. The molecule has 5 rings (SSSR count). The Morgan fingerprint density at radius 3 is 2.71 bits per heavy atom. The lowest BCUT2D eigenvalue weighted by Crippen LogP contribution is -2.36. The fourth-order valence-corrected chi connectivity index (χ4v) is 4.41. The number of carbonyl (C=O) groups excluding carboxylic acids is 1. The van der Waals surface area contributed by atoms with E-state index in [1.165, 1.54) is 17.4 Å². The van der Waals surface area contributed by atoms with Gasteiger partial charge in [-0.3, -0.25) is 9.59 Å². The molecule has 0 bridgehead atoms. The molecule has 6 nitrogen and oxygen atoms in total. The maximum Gasteiger partial charge on any atom is 0.276 e. The number of piperidine rings is 1. The fraction of sp³-hybridized carbons (Fsp3) is 0.250. The van der Waals surface area contributed by atoms with Crippen LogP contribution in [0.2, 0.25) is 0 Å². The van der Waals surface area contributed by atoms with Crippen molar-refractivity contribution in [3.63, 3.8) is 0 Å². The van der Waals surface area contributed by atoms with Gasteiger partial charge in [-0.15, -0.1) is 11.3 Å². The van der Waals surface area contributed by atoms with Crippen LogP contribution in [0.4, 0.5) is 4.39 Å². The molecule has 28 heavy (non-hydrogen) atoms. The van der Waals surface area contributed by atoms with E-state index in [1.807, 2.05) is 10.8 Å². The lowest BCUT2D eigenvalue weighted by molar-refractivity contribution is 0.0720. The molecule has 1 aliphatic rings. The molecule has 4 aromatic rings. The largest absolute Gasteiger partial charge is 0.353 e. The van der Waals surface area contributed by atoms with Gasteiger partial charge in [0.2, 0.25) is 0 Å². The van der Waals surface area contributed by atoms with Crippen LogP contribution >= 0.6 is 11.3 Å². The normalized spacial score (nSPS) is 14.8. The SMILES string of the molecule is O=C(c1cc2cc(-c3nc4cscc4[nH]c3=O)[nH]c2cc1F)N1CCCCC1. The third-order valence-electron chi connectivity index (χ3n) is 5.17. The van der Waals surface area contributed by atoms with E-state index < -0.39 is 5.82 Å². The third kappa shape index (κ3) is 2.80. The van der Waals surface area contributed by atoms with Crippen LogP contribution in [0, 0.1) is 5.82 Å². The van der Waals surface area contributed by atoms with Crippen molar-refractivity contribution >= 4 is 39.2 Å². The van der Waals surface area contributed by atoms with E-state index >= 15 is 0 Å². The van der Waals surface area contributed by atoms with Crippen molar-refractivity contribution in [3.8, 4) is 11.4 Å². The molecule has 0 unspecified atom stereocenters. The van der Waals surface area contributed by atoms with Crippen LogP contribution in [0.1, 0.15) is 29.6 Å². The van der Waals surface area contributed by atoms with Crippen molar-refractivity contribution in [2.75, 3.05) is 13.1 Å². The zero-order valence-corrected chi connectivity index (χ0v) is 15.7. The number of nitrogens with one attached hydrogen (secondary N) is 2. The number of amides is 1. The number of hydrogen-bond donors (Lipinski definition) is 2. The number of carbonyl (C=O) groups is 1. The second-order valence-electron chi connectivity index (χ2n) is 7.04. The Kier molecular flexibility index (Phi) is 4.01. The van der Waals surface area contributed by atoms with Crippen LogP contribution in [0.5, 0.6) is 0 Å². The predicted octanol–water partition coefficient (Wildman–Crippen LogP) is 3.90. The minimum atomic E-state index is -0.563. The highest BCUT2D eigenvalue weighted by Gasteiger charge is 2.22. The molecule has 8 heteroatoms. The van der Waals surface area contributed by atoms with Gasteiger partial charge in [0.25, 0.3) is 11.5 Å². The highest BCUT2D eigenvalue weighted by molar-refractivity contribution is 7.09. The molecule has 0 radical (unpaired) electrons. The summed E-state index contributed by atoms with van der Waals surface area (Å²) in [5, 5.41) is 4.35. The predicted molar refractivity (Wildman–Crippen MR) is 107 cm³/mol. The van der Waals surface area contributed by atoms with E-state index in [0.717, 1.165) is 19.3 Å². The number of likely N-dealkylation sites (tertiary alicyclic amines) is 1. The van der Waals surface area contributed by atoms with Crippen molar-refractivity contribution in [2.24, 2.45) is 0 Å². The van der Waals surface area contributed by atoms with Gasteiger partial charge in [0.15, 0.2) is 5.69 Å². The number of benzene rings is 1. The van der Waals surface area contributed by atoms with Crippen LogP contribution in [0.15, 0.2) is 33.8 Å². The summed E-state index contributed by atoms with van der Waals surface area (Å²) in [7, 11) is 0. The Hall–Kier alpha value is -3.00. The quantitative estimate of drug-likeness (QED) is 0.539. The number of aromatic amines is 2. The van der Waals surface area contributed by atoms with Crippen LogP contribution in [-0.4, -0.2) is 38.8 Å². The smallest absolute Gasteiger partial charge is 0.276 e. The summed E-state index contributed by atoms with van der Waals surface area (Å²) in [4.78, 5) is 37.1. The average molecular weight is 396 g/mol. The standard InChI is InChI=1S/C20H17FN4O2S/c21-13-8-14-11(6-12(13)20(27)25-4-2-1-3-5-25)7-15(22-14)18-19(26)24-17-10-28-9-16(17)23-18/h6-10,22H,1-5H2,(H,24,26). The molecule has 1 saturated heterocycles. The molecule has 1 aromatic carbocycles. The number of rotatable bonds is 2. The number of hydrogen-bond acceptors (Lipinski definition) is 4. The van der Waals surface area contributed by atoms with Gasteiger partial charge >= 0.3 is 0 Å². The van der Waals surface area contributed by atoms with Gasteiger partial charge in [-0.05, 0) is 37.5 Å². The first kappa shape index (κ1) is 17.1. The van der Waals surface area contributed by atoms with Gasteiger partial charge in [0.1, 0.15) is 5.82 Å². The minimum Gasteiger partial charge on any atom is -0.353 e. The monoisotopic (exact) mass is 396 g/mol. The number of aromatic nitrogens is 3. The number of halogens is 1. The van der Waals surface area contributed by atoms with Gasteiger partial charge in [-0.2, -0.15) is 0 Å². The number of fused-ring (bicyclic) bond motifs is 2. The van der Waals surface area contributed by atoms with Gasteiger partial charge in [-0.25, -0.2) is 9.37 Å². The molecule has 1 fully saturated rings. The van der Waals surface area contributed by atoms with Crippen LogP contribution in [0.3, 0.4) is 0 Å². The first-order valence-corrected chi connectivity index (χ1v) is 10.1. The van der Waals surface area contributed by atoms with E-state index in [2.05, 4.69) is 15.0 Å². The van der Waals surface area contributed by atoms with Gasteiger partial charge in [0, 0.05) is 34.8 Å². The molecule has 4 heterocycles. The van der Waals surface area contributed by atoms with E-state index in [-0.39, 0.29) is 22.7 Å². The minimum absolute atomic E-state index is 0.0649. The van der Waals surface area contributed by atoms with Crippen LogP contribution < -0.4 is 5.56 Å². The van der Waals surface area contributed by atoms with Crippen molar-refractivity contribution in [1.82, 2.24) is 19.9 Å². The molecular weight excluding hydrogens is 379 g/mol. The number of thiophene rings is 1. The lowest BCUT2D eigenvalue weighted by Gasteiger charge is -2.26. The van der Waals surface area contributed by atoms with E-state index in [9.17, 15) is 14.0 Å². The Morgan fingerprint density at radius 1 is 1.07 bits per heavy atom. The third-order valence-corrected chi connectivity index (χ3v) is 5.91. The maximum atomic E-state index is 14.6. The molecule has 142 valence electrons. The van der Waals surface area contributed by atoms with Gasteiger partial charge in [0.05, 0.1) is 22.3 Å². The molecule has 2 N–H and O–H groups in total. The first-order chi connectivity index (χ1) is 13.6. The summed E-state index contributed by atoms with van der Waals surface area (Å²) >= 11 is 1.46. The first-order valence-electron chi connectivity index (χ1n) is 9.18. The summed E-state index contributed by atoms with van der Waals surface area (Å²) in [5.74, 6) is -0.843. The molecular formula is C20H17FN4O2S. The molecule has 0 atom stereocenters. The Bertz CT molecular complexity index is 1270. The highest BCUT2D eigenvalue weighted by atomic mass is 32.1. The molecule has 0 spiro atoms. The van der Waals surface area contributed by atoms with Gasteiger partial charge in [-0.1, -0.05) is 0 Å². The molecule has 1 aliphatic heterocycles. The molecule has 0 aliphatic carbocycles. The molecule has 0 saturated carbocycles. The van der Waals surface area contributed by atoms with Crippen LogP contribution in [-0.2, 0) is 0 Å². The van der Waals surface area contributed by atoms with Gasteiger partial charge < -0.3 is 14.9 Å². The lowest BCUT2D eigenvalue weighted by atomic mass is 10.1. The summed E-state index contributed by atoms with van der Waals surface area (Å²) in [6.07, 6.45) is 3.00.